The Hall–Kier alpha value is -3.27. The van der Waals surface area contributed by atoms with E-state index >= 15 is 0 Å². The molecular weight excluding hydrogens is 500 g/mol. The molecule has 38 heavy (non-hydrogen) atoms. The van der Waals surface area contributed by atoms with Crippen molar-refractivity contribution < 1.29 is 18.0 Å². The summed E-state index contributed by atoms with van der Waals surface area (Å²) < 4.78 is 29.6. The van der Waals surface area contributed by atoms with E-state index in [1.165, 1.54) is 6.07 Å². The molecule has 0 atom stereocenters. The van der Waals surface area contributed by atoms with Gasteiger partial charge in [0.2, 0.25) is 0 Å². The normalized spacial score (nSPS) is 17.0. The molecule has 0 radical (unpaired) electrons. The van der Waals surface area contributed by atoms with Crippen LogP contribution in [0.2, 0.25) is 0 Å². The van der Waals surface area contributed by atoms with Gasteiger partial charge in [-0.05, 0) is 82.5 Å². The quantitative estimate of drug-likeness (QED) is 0.479. The summed E-state index contributed by atoms with van der Waals surface area (Å²) in [5.74, 6) is -0.638. The van der Waals surface area contributed by atoms with E-state index in [1.807, 2.05) is 36.1 Å². The maximum absolute atomic E-state index is 14.2. The smallest absolute Gasteiger partial charge is 0.267 e. The van der Waals surface area contributed by atoms with E-state index < -0.39 is 16.1 Å². The predicted octanol–water partition coefficient (Wildman–Crippen LogP) is 3.77. The number of amides is 2. The molecule has 0 unspecified atom stereocenters. The van der Waals surface area contributed by atoms with E-state index in [2.05, 4.69) is 10.6 Å². The van der Waals surface area contributed by atoms with Crippen molar-refractivity contribution >= 4 is 38.3 Å². The van der Waals surface area contributed by atoms with E-state index in [1.54, 1.807) is 30.3 Å². The van der Waals surface area contributed by atoms with Crippen molar-refractivity contribution in [1.82, 2.24) is 14.5 Å². The van der Waals surface area contributed by atoms with Crippen LogP contribution >= 0.6 is 0 Å². The number of carbonyl (C=O) groups is 2. The zero-order valence-corrected chi connectivity index (χ0v) is 22.5. The third-order valence-corrected chi connectivity index (χ3v) is 9.43. The first-order valence-corrected chi connectivity index (χ1v) is 14.7. The number of piperidine rings is 1. The molecule has 5 rings (SSSR count). The van der Waals surface area contributed by atoms with Crippen LogP contribution in [-0.2, 0) is 14.8 Å². The largest absolute Gasteiger partial charge is 0.321 e. The predicted molar refractivity (Wildman–Crippen MR) is 149 cm³/mol. The molecule has 2 N–H and O–H groups in total. The van der Waals surface area contributed by atoms with Crippen molar-refractivity contribution in [3.63, 3.8) is 0 Å². The second-order valence-corrected chi connectivity index (χ2v) is 11.9. The van der Waals surface area contributed by atoms with Gasteiger partial charge < -0.3 is 10.6 Å². The molecule has 2 saturated heterocycles. The maximum Gasteiger partial charge on any atom is 0.267 e. The number of nitrogens with zero attached hydrogens (tertiary/aromatic N) is 2. The van der Waals surface area contributed by atoms with Gasteiger partial charge in [-0.3, -0.25) is 14.5 Å². The number of hydrogen-bond acceptors (Lipinski definition) is 6. The van der Waals surface area contributed by atoms with Gasteiger partial charge in [-0.25, -0.2) is 12.7 Å². The van der Waals surface area contributed by atoms with Crippen LogP contribution in [0.4, 0.5) is 5.69 Å². The van der Waals surface area contributed by atoms with Gasteiger partial charge in [0.15, 0.2) is 0 Å². The van der Waals surface area contributed by atoms with E-state index in [4.69, 9.17) is 0 Å². The molecule has 0 bridgehead atoms. The number of anilines is 1. The minimum absolute atomic E-state index is 0.0790. The Morgan fingerprint density at radius 3 is 2.32 bits per heavy atom. The molecule has 2 aliphatic rings. The average Bonchev–Trinajstić information content (AvgIpc) is 3.42. The minimum Gasteiger partial charge on any atom is -0.321 e. The molecule has 3 aromatic carbocycles. The van der Waals surface area contributed by atoms with Crippen LogP contribution in [-0.4, -0.2) is 68.2 Å². The van der Waals surface area contributed by atoms with Crippen molar-refractivity contribution in [1.29, 1.82) is 0 Å². The molecule has 0 saturated carbocycles. The van der Waals surface area contributed by atoms with Crippen LogP contribution in [0.3, 0.4) is 0 Å². The van der Waals surface area contributed by atoms with Crippen LogP contribution in [0.25, 0.3) is 10.8 Å². The SMILES string of the molecule is Cc1ccccc1C(=O)Nc1ccc(S(=O)(=O)N(C(=O)CN2CCCC2)C2CCNCC2)c2ccccc12. The van der Waals surface area contributed by atoms with Crippen LogP contribution in [0.15, 0.2) is 65.6 Å². The lowest BCUT2D eigenvalue weighted by Gasteiger charge is -2.35. The zero-order valence-electron chi connectivity index (χ0n) is 21.7. The average molecular weight is 535 g/mol. The fourth-order valence-electron chi connectivity index (χ4n) is 5.51. The third-order valence-electron chi connectivity index (χ3n) is 7.50. The molecule has 2 amide bonds. The molecule has 0 aromatic heterocycles. The summed E-state index contributed by atoms with van der Waals surface area (Å²) in [7, 11) is -4.16. The molecule has 0 aliphatic carbocycles. The summed E-state index contributed by atoms with van der Waals surface area (Å²) in [6.07, 6.45) is 3.20. The van der Waals surface area contributed by atoms with Crippen LogP contribution in [0.1, 0.15) is 41.6 Å². The third kappa shape index (κ3) is 5.32. The van der Waals surface area contributed by atoms with E-state index in [0.29, 0.717) is 48.0 Å². The lowest BCUT2D eigenvalue weighted by atomic mass is 10.1. The van der Waals surface area contributed by atoms with E-state index in [-0.39, 0.29) is 23.3 Å². The molecule has 8 nitrogen and oxygen atoms in total. The number of hydrogen-bond donors (Lipinski definition) is 2. The second-order valence-electron chi connectivity index (χ2n) is 10.1. The summed E-state index contributed by atoms with van der Waals surface area (Å²) in [5, 5.41) is 7.30. The summed E-state index contributed by atoms with van der Waals surface area (Å²) in [6.45, 7) is 4.92. The topological polar surface area (TPSA) is 98.8 Å². The van der Waals surface area contributed by atoms with Crippen molar-refractivity contribution in [3.8, 4) is 0 Å². The number of nitrogens with one attached hydrogen (secondary N) is 2. The molecule has 200 valence electrons. The Morgan fingerprint density at radius 2 is 1.61 bits per heavy atom. The second kappa shape index (κ2) is 11.2. The number of aryl methyl sites for hydroxylation is 1. The Bertz CT molecular complexity index is 1440. The first kappa shape index (κ1) is 26.3. The number of rotatable bonds is 7. The van der Waals surface area contributed by atoms with Crippen LogP contribution in [0, 0.1) is 6.92 Å². The van der Waals surface area contributed by atoms with Crippen LogP contribution in [0.5, 0.6) is 0 Å². The molecule has 9 heteroatoms. The zero-order chi connectivity index (χ0) is 26.7. The number of likely N-dealkylation sites (tertiary alicyclic amines) is 1. The first-order chi connectivity index (χ1) is 18.4. The molecule has 2 fully saturated rings. The highest BCUT2D eigenvalue weighted by atomic mass is 32.2. The van der Waals surface area contributed by atoms with E-state index in [9.17, 15) is 18.0 Å². The van der Waals surface area contributed by atoms with Gasteiger partial charge in [0.1, 0.15) is 0 Å². The highest BCUT2D eigenvalue weighted by Gasteiger charge is 2.38. The highest BCUT2D eigenvalue weighted by molar-refractivity contribution is 7.90. The fraction of sp³-hybridized carbons (Fsp3) is 0.379. The monoisotopic (exact) mass is 534 g/mol. The first-order valence-electron chi connectivity index (χ1n) is 13.3. The number of benzene rings is 3. The van der Waals surface area contributed by atoms with Crippen molar-refractivity contribution in [2.24, 2.45) is 0 Å². The van der Waals surface area contributed by atoms with Gasteiger partial charge in [-0.1, -0.05) is 42.5 Å². The van der Waals surface area contributed by atoms with Gasteiger partial charge in [0.25, 0.3) is 21.8 Å². The van der Waals surface area contributed by atoms with E-state index in [0.717, 1.165) is 35.8 Å². The Balaban J connectivity index is 1.52. The number of carbonyl (C=O) groups excluding carboxylic acids is 2. The van der Waals surface area contributed by atoms with Gasteiger partial charge in [-0.2, -0.15) is 0 Å². The van der Waals surface area contributed by atoms with Gasteiger partial charge in [0, 0.05) is 22.0 Å². The molecular formula is C29H34N4O4S. The molecule has 2 heterocycles. The van der Waals surface area contributed by atoms with Crippen molar-refractivity contribution in [2.75, 3.05) is 38.0 Å². The Labute approximate surface area is 224 Å². The van der Waals surface area contributed by atoms with Crippen LogP contribution < -0.4 is 10.6 Å². The summed E-state index contributed by atoms with van der Waals surface area (Å²) in [6, 6.07) is 17.2. The summed E-state index contributed by atoms with van der Waals surface area (Å²) in [4.78, 5) is 28.7. The lowest BCUT2D eigenvalue weighted by Crippen LogP contribution is -2.51. The van der Waals surface area contributed by atoms with Crippen molar-refractivity contribution in [2.45, 2.75) is 43.5 Å². The molecule has 0 spiro atoms. The lowest BCUT2D eigenvalue weighted by molar-refractivity contribution is -0.129. The van der Waals surface area contributed by atoms with Gasteiger partial charge in [-0.15, -0.1) is 0 Å². The van der Waals surface area contributed by atoms with Crippen molar-refractivity contribution in [3.05, 3.63) is 71.8 Å². The summed E-state index contributed by atoms with van der Waals surface area (Å²) in [5.41, 5.74) is 1.92. The fourth-order valence-corrected chi connectivity index (χ4v) is 7.34. The Kier molecular flexibility index (Phi) is 7.78. The number of sulfonamides is 1. The standard InChI is InChI=1S/C29H34N4O4S/c1-21-8-2-3-9-23(21)29(35)31-26-12-13-27(25-11-5-4-10-24(25)26)38(36,37)33(22-14-16-30-17-15-22)28(34)20-32-18-6-7-19-32/h2-5,8-13,22,30H,6-7,14-20H2,1H3,(H,31,35). The van der Waals surface area contributed by atoms with Gasteiger partial charge in [0.05, 0.1) is 17.5 Å². The Morgan fingerprint density at radius 1 is 0.947 bits per heavy atom. The minimum atomic E-state index is -4.16. The number of fused-ring (bicyclic) bond motifs is 1. The summed E-state index contributed by atoms with van der Waals surface area (Å²) >= 11 is 0. The maximum atomic E-state index is 14.2. The van der Waals surface area contributed by atoms with Gasteiger partial charge >= 0.3 is 0 Å². The molecule has 3 aromatic rings. The highest BCUT2D eigenvalue weighted by Crippen LogP contribution is 2.33. The molecule has 2 aliphatic heterocycles.